The summed E-state index contributed by atoms with van der Waals surface area (Å²) in [5.41, 5.74) is 28.3. The van der Waals surface area contributed by atoms with Crippen LogP contribution in [-0.2, 0) is 20.8 Å². The Labute approximate surface area is 204 Å². The number of unbranched alkanes of at least 4 members (excludes halogenated alkanes) is 2. The molecule has 0 unspecified atom stereocenters. The van der Waals surface area contributed by atoms with Crippen LogP contribution in [0.25, 0.3) is 10.9 Å². The fourth-order valence-corrected chi connectivity index (χ4v) is 2.89. The summed E-state index contributed by atoms with van der Waals surface area (Å²) in [4.78, 5) is 34.0. The van der Waals surface area contributed by atoms with Crippen LogP contribution in [0.3, 0.4) is 0 Å². The van der Waals surface area contributed by atoms with Crippen LogP contribution in [0.1, 0.15) is 44.1 Å². The third-order valence-corrected chi connectivity index (χ3v) is 5.00. The number of H-pyrrole nitrogens is 1. The molecule has 0 aliphatic rings. The molecule has 12 heteroatoms. The number of carboxylic acids is 3. The van der Waals surface area contributed by atoms with Gasteiger partial charge >= 0.3 is 17.9 Å². The first-order valence-electron chi connectivity index (χ1n) is 11.4. The van der Waals surface area contributed by atoms with Crippen molar-refractivity contribution in [1.29, 1.82) is 0 Å². The lowest BCUT2D eigenvalue weighted by molar-refractivity contribution is -0.139. The summed E-state index contributed by atoms with van der Waals surface area (Å²) < 4.78 is 0. The van der Waals surface area contributed by atoms with E-state index < -0.39 is 36.0 Å². The van der Waals surface area contributed by atoms with E-state index in [1.165, 1.54) is 0 Å². The molecular weight excluding hydrogens is 456 g/mol. The number of nitrogens with one attached hydrogen (secondary N) is 1. The van der Waals surface area contributed by atoms with Crippen molar-refractivity contribution in [3.63, 3.8) is 0 Å². The summed E-state index contributed by atoms with van der Waals surface area (Å²) in [6, 6.07) is 5.48. The SMILES string of the molecule is NCCCC[C@H](N)C(=O)O.NCCCC[C@H](N)C(=O)O.N[C@@H](Cc1c[nH]c2ccccc12)C(=O)O. The van der Waals surface area contributed by atoms with E-state index in [1.54, 1.807) is 0 Å². The summed E-state index contributed by atoms with van der Waals surface area (Å²) in [5.74, 6) is -2.84. The second-order valence-corrected chi connectivity index (χ2v) is 7.97. The Balaban J connectivity index is 0.000000517. The number of carbonyl (C=O) groups is 3. The standard InChI is InChI=1S/C11H12N2O2.2C6H14N2O2/c12-9(11(14)15)5-7-6-13-10-4-2-1-3-8(7)10;2*7-4-2-1-3-5(8)6(9)10/h1-4,6,9,13H,5,12H2,(H,14,15);2*5H,1-4,7-8H2,(H,9,10)/t9-;2*5-/m000/s1. The van der Waals surface area contributed by atoms with Gasteiger partial charge < -0.3 is 49.0 Å². The van der Waals surface area contributed by atoms with Gasteiger partial charge in [0.1, 0.15) is 18.1 Å². The first-order chi connectivity index (χ1) is 16.5. The van der Waals surface area contributed by atoms with Crippen molar-refractivity contribution >= 4 is 28.8 Å². The average molecular weight is 497 g/mol. The molecule has 1 aromatic carbocycles. The molecule has 0 aliphatic heterocycles. The molecule has 0 amide bonds. The number of aliphatic carboxylic acids is 3. The summed E-state index contributed by atoms with van der Waals surface area (Å²) in [6.45, 7) is 1.21. The van der Waals surface area contributed by atoms with Crippen molar-refractivity contribution in [2.75, 3.05) is 13.1 Å². The van der Waals surface area contributed by atoms with Crippen molar-refractivity contribution in [2.45, 2.75) is 63.1 Å². The first kappa shape index (κ1) is 32.0. The lowest BCUT2D eigenvalue weighted by atomic mass is 10.1. The molecule has 0 saturated heterocycles. The smallest absolute Gasteiger partial charge is 0.320 e. The molecule has 0 aliphatic carbocycles. The van der Waals surface area contributed by atoms with Crippen molar-refractivity contribution in [3.8, 4) is 0 Å². The Morgan fingerprint density at radius 2 is 1.20 bits per heavy atom. The number of benzene rings is 1. The van der Waals surface area contributed by atoms with Crippen LogP contribution in [0.5, 0.6) is 0 Å². The van der Waals surface area contributed by atoms with Crippen molar-refractivity contribution in [3.05, 3.63) is 36.0 Å². The molecular formula is C23H40N6O6. The maximum atomic E-state index is 10.6. The molecule has 2 rings (SSSR count). The van der Waals surface area contributed by atoms with Crippen LogP contribution >= 0.6 is 0 Å². The van der Waals surface area contributed by atoms with Gasteiger partial charge in [-0.3, -0.25) is 14.4 Å². The summed E-state index contributed by atoms with van der Waals surface area (Å²) in [5, 5.41) is 26.4. The monoisotopic (exact) mass is 496 g/mol. The number of hydrogen-bond acceptors (Lipinski definition) is 8. The number of aromatic nitrogens is 1. The average Bonchev–Trinajstić information content (AvgIpc) is 3.22. The van der Waals surface area contributed by atoms with Crippen LogP contribution in [0.4, 0.5) is 0 Å². The summed E-state index contributed by atoms with van der Waals surface area (Å²) in [7, 11) is 0. The molecule has 0 spiro atoms. The molecule has 0 radical (unpaired) electrons. The number of rotatable bonds is 13. The number of aromatic amines is 1. The second kappa shape index (κ2) is 18.3. The summed E-state index contributed by atoms with van der Waals surface area (Å²) in [6.07, 6.45) is 6.49. The van der Waals surface area contributed by atoms with E-state index in [1.807, 2.05) is 30.5 Å². The number of carboxylic acid groups (broad SMARTS) is 3. The highest BCUT2D eigenvalue weighted by Crippen LogP contribution is 2.18. The predicted molar refractivity (Wildman–Crippen MR) is 135 cm³/mol. The van der Waals surface area contributed by atoms with E-state index in [-0.39, 0.29) is 0 Å². The van der Waals surface area contributed by atoms with Gasteiger partial charge in [-0.1, -0.05) is 31.0 Å². The second-order valence-electron chi connectivity index (χ2n) is 7.97. The van der Waals surface area contributed by atoms with E-state index in [0.29, 0.717) is 32.4 Å². The molecule has 2 aromatic rings. The van der Waals surface area contributed by atoms with Gasteiger partial charge in [-0.05, 0) is 50.4 Å². The van der Waals surface area contributed by atoms with Gasteiger partial charge in [-0.2, -0.15) is 0 Å². The van der Waals surface area contributed by atoms with E-state index >= 15 is 0 Å². The molecule has 3 atom stereocenters. The molecule has 1 aromatic heterocycles. The normalized spacial score (nSPS) is 12.9. The van der Waals surface area contributed by atoms with Crippen LogP contribution in [-0.4, -0.2) is 69.4 Å². The number of fused-ring (bicyclic) bond motifs is 1. The fourth-order valence-electron chi connectivity index (χ4n) is 2.89. The minimum absolute atomic E-state index is 0.347. The minimum atomic E-state index is -0.972. The molecule has 0 saturated carbocycles. The number of para-hydroxylation sites is 1. The third kappa shape index (κ3) is 14.1. The van der Waals surface area contributed by atoms with Gasteiger partial charge in [0, 0.05) is 23.5 Å². The molecule has 0 fully saturated rings. The number of nitrogens with two attached hydrogens (primary N) is 5. The molecule has 14 N–H and O–H groups in total. The maximum absolute atomic E-state index is 10.6. The van der Waals surface area contributed by atoms with Gasteiger partial charge in [0.05, 0.1) is 0 Å². The van der Waals surface area contributed by atoms with Crippen molar-refractivity contribution < 1.29 is 29.7 Å². The fraction of sp³-hybridized carbons (Fsp3) is 0.522. The van der Waals surface area contributed by atoms with Crippen LogP contribution in [0.2, 0.25) is 0 Å². The topological polar surface area (TPSA) is 258 Å². The molecule has 1 heterocycles. The Kier molecular flexibility index (Phi) is 16.7. The zero-order valence-corrected chi connectivity index (χ0v) is 19.9. The third-order valence-electron chi connectivity index (χ3n) is 5.00. The largest absolute Gasteiger partial charge is 0.480 e. The van der Waals surface area contributed by atoms with Crippen LogP contribution < -0.4 is 28.7 Å². The minimum Gasteiger partial charge on any atom is -0.480 e. The zero-order chi connectivity index (χ0) is 26.8. The molecule has 35 heavy (non-hydrogen) atoms. The highest BCUT2D eigenvalue weighted by atomic mass is 16.4. The van der Waals surface area contributed by atoms with Crippen LogP contribution in [0.15, 0.2) is 30.5 Å². The van der Waals surface area contributed by atoms with Gasteiger partial charge in [-0.25, -0.2) is 0 Å². The maximum Gasteiger partial charge on any atom is 0.320 e. The summed E-state index contributed by atoms with van der Waals surface area (Å²) >= 11 is 0. The lowest BCUT2D eigenvalue weighted by Gasteiger charge is -2.04. The Hall–Kier alpha value is -3.03. The van der Waals surface area contributed by atoms with E-state index in [9.17, 15) is 14.4 Å². The van der Waals surface area contributed by atoms with Crippen LogP contribution in [0, 0.1) is 0 Å². The highest BCUT2D eigenvalue weighted by molar-refractivity contribution is 5.84. The molecule has 0 bridgehead atoms. The molecule has 198 valence electrons. The Morgan fingerprint density at radius 3 is 1.63 bits per heavy atom. The zero-order valence-electron chi connectivity index (χ0n) is 19.9. The Morgan fingerprint density at radius 1 is 0.743 bits per heavy atom. The van der Waals surface area contributed by atoms with E-state index in [4.69, 9.17) is 44.0 Å². The Bertz CT molecular complexity index is 864. The van der Waals surface area contributed by atoms with E-state index in [0.717, 1.165) is 42.1 Å². The lowest BCUT2D eigenvalue weighted by Crippen LogP contribution is -2.32. The van der Waals surface area contributed by atoms with E-state index in [2.05, 4.69) is 4.98 Å². The highest BCUT2D eigenvalue weighted by Gasteiger charge is 2.14. The van der Waals surface area contributed by atoms with Crippen molar-refractivity contribution in [1.82, 2.24) is 4.98 Å². The first-order valence-corrected chi connectivity index (χ1v) is 11.4. The quantitative estimate of drug-likeness (QED) is 0.169. The van der Waals surface area contributed by atoms with Gasteiger partial charge in [0.15, 0.2) is 0 Å². The number of hydrogen-bond donors (Lipinski definition) is 9. The van der Waals surface area contributed by atoms with Gasteiger partial charge in [-0.15, -0.1) is 0 Å². The predicted octanol–water partition coefficient (Wildman–Crippen LogP) is 0.177. The molecule has 12 nitrogen and oxygen atoms in total. The van der Waals surface area contributed by atoms with Crippen molar-refractivity contribution in [2.24, 2.45) is 28.7 Å². The van der Waals surface area contributed by atoms with Gasteiger partial charge in [0.25, 0.3) is 0 Å². The van der Waals surface area contributed by atoms with Gasteiger partial charge in [0.2, 0.25) is 0 Å².